The van der Waals surface area contributed by atoms with Crippen LogP contribution in [0.15, 0.2) is 0 Å². The summed E-state index contributed by atoms with van der Waals surface area (Å²) in [5.74, 6) is 2.06. The lowest BCUT2D eigenvalue weighted by Gasteiger charge is -2.29. The quantitative estimate of drug-likeness (QED) is 0.829. The van der Waals surface area contributed by atoms with Crippen LogP contribution >= 0.6 is 0 Å². The molecule has 2 aliphatic rings. The van der Waals surface area contributed by atoms with Crippen molar-refractivity contribution in [2.24, 2.45) is 11.8 Å². The molecule has 0 aromatic carbocycles. The average Bonchev–Trinajstić information content (AvgIpc) is 2.63. The van der Waals surface area contributed by atoms with E-state index in [2.05, 4.69) is 31.0 Å². The summed E-state index contributed by atoms with van der Waals surface area (Å²) in [6, 6.07) is 0.0743. The van der Waals surface area contributed by atoms with Crippen LogP contribution in [0.3, 0.4) is 0 Å². The summed E-state index contributed by atoms with van der Waals surface area (Å²) in [4.78, 5) is 14.4. The van der Waals surface area contributed by atoms with Crippen LogP contribution in [0.2, 0.25) is 0 Å². The minimum atomic E-state index is 0.0743. The Morgan fingerprint density at radius 1 is 1.26 bits per heavy atom. The molecule has 1 N–H and O–H groups in total. The van der Waals surface area contributed by atoms with E-state index in [4.69, 9.17) is 0 Å². The van der Waals surface area contributed by atoms with Crippen molar-refractivity contribution in [2.45, 2.75) is 77.9 Å². The van der Waals surface area contributed by atoms with Gasteiger partial charge in [-0.2, -0.15) is 0 Å². The summed E-state index contributed by atoms with van der Waals surface area (Å²) in [5.41, 5.74) is 0. The van der Waals surface area contributed by atoms with Gasteiger partial charge in [0.1, 0.15) is 0 Å². The summed E-state index contributed by atoms with van der Waals surface area (Å²) >= 11 is 0. The minimum absolute atomic E-state index is 0.0743. The molecular weight excluding hydrogens is 236 g/mol. The number of carbonyl (C=O) groups is 1. The minimum Gasteiger partial charge on any atom is -0.326 e. The third-order valence-electron chi connectivity index (χ3n) is 4.89. The molecule has 2 fully saturated rings. The van der Waals surface area contributed by atoms with Crippen LogP contribution in [0.4, 0.5) is 0 Å². The van der Waals surface area contributed by atoms with Gasteiger partial charge in [0.25, 0.3) is 0 Å². The molecule has 2 rings (SSSR count). The predicted octanol–water partition coefficient (Wildman–Crippen LogP) is 3.15. The Morgan fingerprint density at radius 3 is 2.74 bits per heavy atom. The number of carbonyl (C=O) groups excluding carboxylic acids is 1. The largest absolute Gasteiger partial charge is 0.326 e. The molecule has 0 radical (unpaired) electrons. The standard InChI is InChI=1S/C16H30N2O/c1-4-6-15-16(19)18(13(3)17-15)10-9-14-8-5-7-12(2)11-14/h12-15,17H,4-11H2,1-3H3. The van der Waals surface area contributed by atoms with Crippen molar-refractivity contribution < 1.29 is 4.79 Å². The van der Waals surface area contributed by atoms with Gasteiger partial charge in [0, 0.05) is 6.54 Å². The number of amides is 1. The molecule has 1 saturated heterocycles. The van der Waals surface area contributed by atoms with Gasteiger partial charge in [0.2, 0.25) is 5.91 Å². The fourth-order valence-corrected chi connectivity index (χ4v) is 3.79. The molecule has 3 nitrogen and oxygen atoms in total. The first-order chi connectivity index (χ1) is 9.11. The highest BCUT2D eigenvalue weighted by Crippen LogP contribution is 2.31. The fraction of sp³-hybridized carbons (Fsp3) is 0.938. The third-order valence-corrected chi connectivity index (χ3v) is 4.89. The summed E-state index contributed by atoms with van der Waals surface area (Å²) in [6.45, 7) is 7.59. The van der Waals surface area contributed by atoms with E-state index in [-0.39, 0.29) is 12.2 Å². The summed E-state index contributed by atoms with van der Waals surface area (Å²) in [6.07, 6.45) is 8.98. The van der Waals surface area contributed by atoms with Gasteiger partial charge in [-0.05, 0) is 38.0 Å². The van der Waals surface area contributed by atoms with Crippen molar-refractivity contribution in [3.8, 4) is 0 Å². The van der Waals surface area contributed by atoms with Crippen LogP contribution in [-0.4, -0.2) is 29.6 Å². The highest BCUT2D eigenvalue weighted by molar-refractivity contribution is 5.84. The van der Waals surface area contributed by atoms with Gasteiger partial charge in [-0.1, -0.05) is 39.5 Å². The van der Waals surface area contributed by atoms with Crippen molar-refractivity contribution in [2.75, 3.05) is 6.54 Å². The maximum Gasteiger partial charge on any atom is 0.241 e. The lowest BCUT2D eigenvalue weighted by atomic mass is 9.81. The van der Waals surface area contributed by atoms with Crippen molar-refractivity contribution in [3.63, 3.8) is 0 Å². The van der Waals surface area contributed by atoms with Gasteiger partial charge < -0.3 is 4.90 Å². The first-order valence-electron chi connectivity index (χ1n) is 8.18. The third kappa shape index (κ3) is 3.71. The molecule has 1 aliphatic carbocycles. The van der Waals surface area contributed by atoms with Gasteiger partial charge in [-0.15, -0.1) is 0 Å². The van der Waals surface area contributed by atoms with Gasteiger partial charge >= 0.3 is 0 Å². The maximum atomic E-state index is 12.3. The molecule has 1 aliphatic heterocycles. The monoisotopic (exact) mass is 266 g/mol. The van der Waals surface area contributed by atoms with E-state index >= 15 is 0 Å². The average molecular weight is 266 g/mol. The van der Waals surface area contributed by atoms with Crippen LogP contribution in [0.5, 0.6) is 0 Å². The first-order valence-corrected chi connectivity index (χ1v) is 8.18. The van der Waals surface area contributed by atoms with E-state index in [9.17, 15) is 4.79 Å². The number of hydrogen-bond donors (Lipinski definition) is 1. The Morgan fingerprint density at radius 2 is 2.05 bits per heavy atom. The zero-order valence-electron chi connectivity index (χ0n) is 12.8. The smallest absolute Gasteiger partial charge is 0.241 e. The number of rotatable bonds is 5. The van der Waals surface area contributed by atoms with Crippen LogP contribution in [0, 0.1) is 11.8 Å². The molecule has 4 atom stereocenters. The van der Waals surface area contributed by atoms with Crippen molar-refractivity contribution in [1.82, 2.24) is 10.2 Å². The van der Waals surface area contributed by atoms with Gasteiger partial charge in [-0.3, -0.25) is 10.1 Å². The van der Waals surface area contributed by atoms with Crippen LogP contribution in [0.1, 0.15) is 65.7 Å². The normalized spacial score (nSPS) is 35.9. The zero-order chi connectivity index (χ0) is 13.8. The predicted molar refractivity (Wildman–Crippen MR) is 78.7 cm³/mol. The van der Waals surface area contributed by atoms with Gasteiger partial charge in [-0.25, -0.2) is 0 Å². The van der Waals surface area contributed by atoms with Crippen molar-refractivity contribution >= 4 is 5.91 Å². The SMILES string of the molecule is CCCC1NC(C)N(CCC2CCCC(C)C2)C1=O. The lowest BCUT2D eigenvalue weighted by Crippen LogP contribution is -2.36. The Bertz CT molecular complexity index is 305. The fourth-order valence-electron chi connectivity index (χ4n) is 3.79. The van der Waals surface area contributed by atoms with E-state index < -0.39 is 0 Å². The molecule has 110 valence electrons. The summed E-state index contributed by atoms with van der Waals surface area (Å²) in [7, 11) is 0. The molecule has 0 bridgehead atoms. The Hall–Kier alpha value is -0.570. The number of hydrogen-bond acceptors (Lipinski definition) is 2. The molecule has 19 heavy (non-hydrogen) atoms. The molecule has 1 saturated carbocycles. The van der Waals surface area contributed by atoms with Crippen LogP contribution in [-0.2, 0) is 4.79 Å². The lowest BCUT2D eigenvalue weighted by molar-refractivity contribution is -0.130. The van der Waals surface area contributed by atoms with Crippen molar-refractivity contribution in [1.29, 1.82) is 0 Å². The molecular formula is C16H30N2O. The Balaban J connectivity index is 1.80. The first kappa shape index (κ1) is 14.8. The van der Waals surface area contributed by atoms with Gasteiger partial charge in [0.05, 0.1) is 12.2 Å². The second-order valence-corrected chi connectivity index (χ2v) is 6.64. The van der Waals surface area contributed by atoms with E-state index in [1.807, 2.05) is 0 Å². The van der Waals surface area contributed by atoms with Crippen LogP contribution < -0.4 is 5.32 Å². The topological polar surface area (TPSA) is 32.3 Å². The summed E-state index contributed by atoms with van der Waals surface area (Å²) < 4.78 is 0. The van der Waals surface area contributed by atoms with Gasteiger partial charge in [0.15, 0.2) is 0 Å². The maximum absolute atomic E-state index is 12.3. The van der Waals surface area contributed by atoms with E-state index in [0.717, 1.165) is 31.2 Å². The zero-order valence-corrected chi connectivity index (χ0v) is 12.8. The van der Waals surface area contributed by atoms with E-state index in [1.165, 1.54) is 32.1 Å². The summed E-state index contributed by atoms with van der Waals surface area (Å²) in [5, 5.41) is 3.43. The molecule has 3 heteroatoms. The molecule has 4 unspecified atom stereocenters. The highest BCUT2D eigenvalue weighted by Gasteiger charge is 2.35. The molecule has 0 aromatic rings. The molecule has 0 aromatic heterocycles. The number of nitrogens with zero attached hydrogens (tertiary/aromatic N) is 1. The molecule has 0 spiro atoms. The molecule has 1 heterocycles. The second kappa shape index (κ2) is 6.74. The van der Waals surface area contributed by atoms with Crippen LogP contribution in [0.25, 0.3) is 0 Å². The van der Waals surface area contributed by atoms with E-state index in [0.29, 0.717) is 5.91 Å². The van der Waals surface area contributed by atoms with E-state index in [1.54, 1.807) is 0 Å². The second-order valence-electron chi connectivity index (χ2n) is 6.64. The molecule has 1 amide bonds. The Labute approximate surface area is 118 Å². The number of nitrogens with one attached hydrogen (secondary N) is 1. The highest BCUT2D eigenvalue weighted by atomic mass is 16.2. The Kier molecular flexibility index (Phi) is 5.26. The van der Waals surface area contributed by atoms with Crippen molar-refractivity contribution in [3.05, 3.63) is 0 Å².